The molecule has 0 radical (unpaired) electrons. The lowest BCUT2D eigenvalue weighted by Gasteiger charge is -2.14. The minimum atomic E-state index is -0.547. The van der Waals surface area contributed by atoms with Gasteiger partial charge in [-0.3, -0.25) is 9.55 Å². The summed E-state index contributed by atoms with van der Waals surface area (Å²) < 4.78 is 23.2. The van der Waals surface area contributed by atoms with Crippen molar-refractivity contribution in [3.8, 4) is 23.0 Å². The van der Waals surface area contributed by atoms with E-state index >= 15 is 0 Å². The molecule has 0 fully saturated rings. The lowest BCUT2D eigenvalue weighted by atomic mass is 10.2. The summed E-state index contributed by atoms with van der Waals surface area (Å²) in [6.45, 7) is 0.403. The summed E-state index contributed by atoms with van der Waals surface area (Å²) in [6.07, 6.45) is 6.96. The largest absolute Gasteiger partial charge is 0.495 e. The number of para-hydroxylation sites is 2. The molecule has 0 aliphatic rings. The number of pyridine rings is 2. The van der Waals surface area contributed by atoms with Crippen LogP contribution >= 0.6 is 0 Å². The van der Waals surface area contributed by atoms with Crippen LogP contribution in [0.15, 0.2) is 73.3 Å². The lowest BCUT2D eigenvalue weighted by molar-refractivity contribution is 0.412. The third kappa shape index (κ3) is 3.08. The lowest BCUT2D eigenvalue weighted by Crippen LogP contribution is -2.09. The highest BCUT2D eigenvalue weighted by Gasteiger charge is 2.18. The molecule has 0 aliphatic heterocycles. The Morgan fingerprint density at radius 2 is 1.90 bits per heavy atom. The highest BCUT2D eigenvalue weighted by Crippen LogP contribution is 2.29. The zero-order chi connectivity index (χ0) is 20.5. The minimum Gasteiger partial charge on any atom is -0.495 e. The van der Waals surface area contributed by atoms with Gasteiger partial charge in [0.15, 0.2) is 5.82 Å². The molecule has 0 bridgehead atoms. The van der Waals surface area contributed by atoms with Gasteiger partial charge in [0.2, 0.25) is 5.95 Å². The Morgan fingerprint density at radius 3 is 2.77 bits per heavy atom. The van der Waals surface area contributed by atoms with E-state index in [0.29, 0.717) is 18.1 Å². The van der Waals surface area contributed by atoms with Crippen molar-refractivity contribution < 1.29 is 9.13 Å². The van der Waals surface area contributed by atoms with Crippen LogP contribution in [0.4, 0.5) is 4.39 Å². The Labute approximate surface area is 171 Å². The Morgan fingerprint density at radius 1 is 1.00 bits per heavy atom. The smallest absolute Gasteiger partial charge is 0.213 e. The molecular weight excluding hydrogens is 383 g/mol. The van der Waals surface area contributed by atoms with Crippen LogP contribution in [0, 0.1) is 5.95 Å². The van der Waals surface area contributed by atoms with Crippen LogP contribution in [0.3, 0.4) is 0 Å². The maximum absolute atomic E-state index is 13.6. The van der Waals surface area contributed by atoms with Crippen LogP contribution in [-0.4, -0.2) is 36.2 Å². The number of imidazole rings is 2. The standard InChI is InChI=1S/C22H17FN6O/c1-30-19-7-3-2-6-18(19)29-17-9-10-24-13-16(17)27-21(29)14-28-12-11-25-22(28)15-5-4-8-20(23)26-15/h2-13H,14H2,1H3. The summed E-state index contributed by atoms with van der Waals surface area (Å²) in [5.74, 6) is 1.51. The summed E-state index contributed by atoms with van der Waals surface area (Å²) in [5.41, 5.74) is 3.01. The van der Waals surface area contributed by atoms with Crippen molar-refractivity contribution in [1.82, 2.24) is 29.1 Å². The number of halogens is 1. The fraction of sp³-hybridized carbons (Fsp3) is 0.0909. The van der Waals surface area contributed by atoms with E-state index < -0.39 is 5.95 Å². The summed E-state index contributed by atoms with van der Waals surface area (Å²) in [6, 6.07) is 14.3. The second kappa shape index (κ2) is 7.40. The molecule has 0 spiro atoms. The van der Waals surface area contributed by atoms with Crippen molar-refractivity contribution in [2.75, 3.05) is 7.11 Å². The van der Waals surface area contributed by atoms with Gasteiger partial charge in [-0.15, -0.1) is 0 Å². The molecule has 0 N–H and O–H groups in total. The number of benzene rings is 1. The molecule has 148 valence electrons. The number of hydrogen-bond donors (Lipinski definition) is 0. The third-order valence-electron chi connectivity index (χ3n) is 4.82. The number of rotatable bonds is 5. The molecule has 1 aromatic carbocycles. The number of methoxy groups -OCH3 is 1. The molecule has 4 aromatic heterocycles. The van der Waals surface area contributed by atoms with Crippen molar-refractivity contribution in [3.05, 3.63) is 85.1 Å². The monoisotopic (exact) mass is 400 g/mol. The molecule has 0 atom stereocenters. The maximum Gasteiger partial charge on any atom is 0.213 e. The molecule has 0 aliphatic carbocycles. The van der Waals surface area contributed by atoms with Gasteiger partial charge >= 0.3 is 0 Å². The summed E-state index contributed by atoms with van der Waals surface area (Å²) in [4.78, 5) is 17.3. The Hall–Kier alpha value is -4.07. The van der Waals surface area contributed by atoms with Crippen LogP contribution < -0.4 is 4.74 Å². The van der Waals surface area contributed by atoms with Crippen LogP contribution in [0.1, 0.15) is 5.82 Å². The van der Waals surface area contributed by atoms with Crippen LogP contribution in [0.5, 0.6) is 5.75 Å². The number of ether oxygens (including phenoxy) is 1. The number of fused-ring (bicyclic) bond motifs is 1. The first kappa shape index (κ1) is 18.0. The van der Waals surface area contributed by atoms with Crippen molar-refractivity contribution in [2.45, 2.75) is 6.54 Å². The second-order valence-electron chi connectivity index (χ2n) is 6.62. The fourth-order valence-corrected chi connectivity index (χ4v) is 3.53. The van der Waals surface area contributed by atoms with Gasteiger partial charge in [-0.1, -0.05) is 18.2 Å². The van der Waals surface area contributed by atoms with Crippen LogP contribution in [-0.2, 0) is 6.54 Å². The van der Waals surface area contributed by atoms with Crippen LogP contribution in [0.2, 0.25) is 0 Å². The molecular formula is C22H17FN6O. The van der Waals surface area contributed by atoms with Gasteiger partial charge in [-0.2, -0.15) is 4.39 Å². The Kier molecular flexibility index (Phi) is 4.44. The molecule has 30 heavy (non-hydrogen) atoms. The van der Waals surface area contributed by atoms with E-state index in [4.69, 9.17) is 9.72 Å². The van der Waals surface area contributed by atoms with E-state index in [0.717, 1.165) is 28.3 Å². The average Bonchev–Trinajstić information content (AvgIpc) is 3.38. The normalized spacial score (nSPS) is 11.1. The second-order valence-corrected chi connectivity index (χ2v) is 6.62. The molecule has 0 saturated carbocycles. The van der Waals surface area contributed by atoms with Crippen molar-refractivity contribution in [1.29, 1.82) is 0 Å². The molecule has 0 saturated heterocycles. The summed E-state index contributed by atoms with van der Waals surface area (Å²) in [5, 5.41) is 0. The number of aromatic nitrogens is 6. The summed E-state index contributed by atoms with van der Waals surface area (Å²) in [7, 11) is 1.64. The molecule has 0 unspecified atom stereocenters. The van der Waals surface area contributed by atoms with E-state index in [1.54, 1.807) is 37.8 Å². The van der Waals surface area contributed by atoms with Crippen molar-refractivity contribution in [2.24, 2.45) is 0 Å². The Bertz CT molecular complexity index is 1340. The third-order valence-corrected chi connectivity index (χ3v) is 4.82. The predicted molar refractivity (Wildman–Crippen MR) is 110 cm³/mol. The van der Waals surface area contributed by atoms with E-state index in [1.165, 1.54) is 6.07 Å². The fourth-order valence-electron chi connectivity index (χ4n) is 3.53. The molecule has 4 heterocycles. The molecule has 7 nitrogen and oxygen atoms in total. The first-order chi connectivity index (χ1) is 14.7. The van der Waals surface area contributed by atoms with Gasteiger partial charge in [-0.05, 0) is 30.3 Å². The highest BCUT2D eigenvalue weighted by molar-refractivity contribution is 5.78. The maximum atomic E-state index is 13.6. The SMILES string of the molecule is COc1ccccc1-n1c(Cn2ccnc2-c2cccc(F)n2)nc2cnccc21. The van der Waals surface area contributed by atoms with Crippen LogP contribution in [0.25, 0.3) is 28.2 Å². The zero-order valence-electron chi connectivity index (χ0n) is 16.1. The van der Waals surface area contributed by atoms with E-state index in [-0.39, 0.29) is 0 Å². The molecule has 8 heteroatoms. The van der Waals surface area contributed by atoms with Gasteiger partial charge in [0.25, 0.3) is 0 Å². The highest BCUT2D eigenvalue weighted by atomic mass is 19.1. The molecule has 0 amide bonds. The summed E-state index contributed by atoms with van der Waals surface area (Å²) >= 11 is 0. The van der Waals surface area contributed by atoms with Gasteiger partial charge in [0, 0.05) is 18.6 Å². The van der Waals surface area contributed by atoms with E-state index in [1.807, 2.05) is 45.7 Å². The number of hydrogen-bond acceptors (Lipinski definition) is 5. The first-order valence-electron chi connectivity index (χ1n) is 9.33. The average molecular weight is 400 g/mol. The van der Waals surface area contributed by atoms with E-state index in [9.17, 15) is 4.39 Å². The molecule has 5 aromatic rings. The first-order valence-corrected chi connectivity index (χ1v) is 9.33. The van der Waals surface area contributed by atoms with Crippen molar-refractivity contribution in [3.63, 3.8) is 0 Å². The van der Waals surface area contributed by atoms with Gasteiger partial charge in [0.05, 0.1) is 31.1 Å². The van der Waals surface area contributed by atoms with Gasteiger partial charge in [0.1, 0.15) is 22.8 Å². The van der Waals surface area contributed by atoms with Crippen molar-refractivity contribution >= 4 is 11.0 Å². The van der Waals surface area contributed by atoms with E-state index in [2.05, 4.69) is 15.0 Å². The predicted octanol–water partition coefficient (Wildman–Crippen LogP) is 3.88. The number of nitrogens with zero attached hydrogens (tertiary/aromatic N) is 6. The van der Waals surface area contributed by atoms with Gasteiger partial charge in [-0.25, -0.2) is 15.0 Å². The minimum absolute atomic E-state index is 0.403. The Balaban J connectivity index is 1.66. The quantitative estimate of drug-likeness (QED) is 0.419. The van der Waals surface area contributed by atoms with Gasteiger partial charge < -0.3 is 9.30 Å². The molecule has 5 rings (SSSR count). The zero-order valence-corrected chi connectivity index (χ0v) is 16.1. The topological polar surface area (TPSA) is 70.7 Å².